The molecule has 0 aliphatic heterocycles. The predicted molar refractivity (Wildman–Crippen MR) is 103 cm³/mol. The summed E-state index contributed by atoms with van der Waals surface area (Å²) in [5.41, 5.74) is 2.03. The van der Waals surface area contributed by atoms with Gasteiger partial charge in [0.1, 0.15) is 0 Å². The number of benzene rings is 3. The van der Waals surface area contributed by atoms with E-state index in [9.17, 15) is 9.90 Å². The van der Waals surface area contributed by atoms with Crippen molar-refractivity contribution >= 4 is 0 Å². The molecule has 0 atom stereocenters. The minimum atomic E-state index is -0.539. The van der Waals surface area contributed by atoms with Crippen molar-refractivity contribution in [3.05, 3.63) is 113 Å². The van der Waals surface area contributed by atoms with Crippen LogP contribution in [0.2, 0.25) is 0 Å². The van der Waals surface area contributed by atoms with E-state index < -0.39 is 5.63 Å². The van der Waals surface area contributed by atoms with Crippen LogP contribution in [0.15, 0.2) is 100 Å². The number of nitrogens with zero attached hydrogens (tertiary/aromatic N) is 1. The SMILES string of the molecule is O=c1oc(-c2ccccc2)[n+](-c2ccccc2)c(O)c1Cc1ccccc1. The van der Waals surface area contributed by atoms with Gasteiger partial charge in [0.2, 0.25) is 5.69 Å². The lowest BCUT2D eigenvalue weighted by atomic mass is 10.1. The lowest BCUT2D eigenvalue weighted by Crippen LogP contribution is -2.37. The Hall–Kier alpha value is -3.66. The first-order chi connectivity index (χ1) is 13.2. The molecule has 0 amide bonds. The van der Waals surface area contributed by atoms with Crippen molar-refractivity contribution < 1.29 is 14.1 Å². The Morgan fingerprint density at radius 2 is 1.33 bits per heavy atom. The van der Waals surface area contributed by atoms with Crippen LogP contribution in [0.4, 0.5) is 0 Å². The number of hydrogen-bond acceptors (Lipinski definition) is 3. The number of aromatic hydroxyl groups is 1. The van der Waals surface area contributed by atoms with E-state index in [0.29, 0.717) is 17.1 Å². The molecular weight excluding hydrogens is 338 g/mol. The minimum absolute atomic E-state index is 0.111. The molecule has 4 nitrogen and oxygen atoms in total. The van der Waals surface area contributed by atoms with Gasteiger partial charge in [0, 0.05) is 18.6 Å². The summed E-state index contributed by atoms with van der Waals surface area (Å²) in [7, 11) is 0. The van der Waals surface area contributed by atoms with Crippen LogP contribution < -0.4 is 10.2 Å². The lowest BCUT2D eigenvalue weighted by Gasteiger charge is -2.07. The number of aromatic nitrogens is 1. The first-order valence-corrected chi connectivity index (χ1v) is 8.70. The molecule has 0 spiro atoms. The summed E-state index contributed by atoms with van der Waals surface area (Å²) in [4.78, 5) is 12.7. The molecule has 1 heterocycles. The maximum Gasteiger partial charge on any atom is 0.392 e. The fraction of sp³-hybridized carbons (Fsp3) is 0.0435. The van der Waals surface area contributed by atoms with E-state index in [1.165, 1.54) is 0 Å². The van der Waals surface area contributed by atoms with Crippen LogP contribution >= 0.6 is 0 Å². The molecule has 132 valence electrons. The van der Waals surface area contributed by atoms with E-state index >= 15 is 0 Å². The highest BCUT2D eigenvalue weighted by atomic mass is 16.4. The Kier molecular flexibility index (Phi) is 4.54. The van der Waals surface area contributed by atoms with Crippen molar-refractivity contribution in [2.75, 3.05) is 0 Å². The van der Waals surface area contributed by atoms with Crippen LogP contribution in [-0.2, 0) is 6.42 Å². The van der Waals surface area contributed by atoms with Gasteiger partial charge in [-0.05, 0) is 17.7 Å². The zero-order valence-electron chi connectivity index (χ0n) is 14.6. The maximum absolute atomic E-state index is 12.7. The normalized spacial score (nSPS) is 10.7. The van der Waals surface area contributed by atoms with Crippen molar-refractivity contribution in [2.45, 2.75) is 6.42 Å². The van der Waals surface area contributed by atoms with Gasteiger partial charge in [0.25, 0.3) is 0 Å². The third kappa shape index (κ3) is 3.37. The van der Waals surface area contributed by atoms with Gasteiger partial charge in [-0.1, -0.05) is 71.3 Å². The van der Waals surface area contributed by atoms with Gasteiger partial charge in [0.05, 0.1) is 5.56 Å². The Bertz CT molecular complexity index is 1100. The summed E-state index contributed by atoms with van der Waals surface area (Å²) in [5, 5.41) is 11.0. The molecule has 3 aromatic carbocycles. The van der Waals surface area contributed by atoms with Crippen molar-refractivity contribution in [3.63, 3.8) is 0 Å². The van der Waals surface area contributed by atoms with Crippen molar-refractivity contribution in [2.24, 2.45) is 0 Å². The summed E-state index contributed by atoms with van der Waals surface area (Å²) in [6.07, 6.45) is 0.289. The van der Waals surface area contributed by atoms with Gasteiger partial charge in [-0.2, -0.15) is 0 Å². The first kappa shape index (κ1) is 16.8. The second-order valence-corrected chi connectivity index (χ2v) is 6.20. The lowest BCUT2D eigenvalue weighted by molar-refractivity contribution is -0.603. The molecule has 0 aliphatic carbocycles. The van der Waals surface area contributed by atoms with E-state index in [-0.39, 0.29) is 17.9 Å². The van der Waals surface area contributed by atoms with Crippen molar-refractivity contribution in [1.82, 2.24) is 0 Å². The van der Waals surface area contributed by atoms with E-state index in [4.69, 9.17) is 4.42 Å². The van der Waals surface area contributed by atoms with Gasteiger partial charge >= 0.3 is 17.4 Å². The van der Waals surface area contributed by atoms with Crippen LogP contribution in [0.1, 0.15) is 11.1 Å². The molecule has 0 unspecified atom stereocenters. The number of rotatable bonds is 4. The highest BCUT2D eigenvalue weighted by Gasteiger charge is 2.30. The first-order valence-electron chi connectivity index (χ1n) is 8.70. The van der Waals surface area contributed by atoms with Crippen molar-refractivity contribution in [1.29, 1.82) is 0 Å². The zero-order chi connectivity index (χ0) is 18.6. The van der Waals surface area contributed by atoms with Crippen LogP contribution in [0, 0.1) is 0 Å². The van der Waals surface area contributed by atoms with Crippen LogP contribution in [0.5, 0.6) is 5.88 Å². The van der Waals surface area contributed by atoms with E-state index in [2.05, 4.69) is 0 Å². The van der Waals surface area contributed by atoms with Crippen LogP contribution in [-0.4, -0.2) is 5.11 Å². The molecule has 0 bridgehead atoms. The summed E-state index contributed by atoms with van der Waals surface area (Å²) in [5.74, 6) is 0.182. The minimum Gasteiger partial charge on any atom is -0.459 e. The maximum atomic E-state index is 12.7. The Balaban J connectivity index is 1.95. The van der Waals surface area contributed by atoms with Gasteiger partial charge in [-0.3, -0.25) is 0 Å². The molecule has 1 N–H and O–H groups in total. The topological polar surface area (TPSA) is 54.3 Å². The molecule has 0 radical (unpaired) electrons. The quantitative estimate of drug-likeness (QED) is 0.565. The second-order valence-electron chi connectivity index (χ2n) is 6.20. The molecule has 4 aromatic rings. The smallest absolute Gasteiger partial charge is 0.392 e. The molecule has 4 heteroatoms. The average Bonchev–Trinajstić information content (AvgIpc) is 2.73. The summed E-state index contributed by atoms with van der Waals surface area (Å²) in [6.45, 7) is 0. The Labute approximate surface area is 156 Å². The fourth-order valence-corrected chi connectivity index (χ4v) is 3.05. The molecule has 1 aromatic heterocycles. The molecule has 0 aliphatic rings. The summed E-state index contributed by atoms with van der Waals surface area (Å²) in [6, 6.07) is 28.2. The Morgan fingerprint density at radius 1 is 0.778 bits per heavy atom. The Morgan fingerprint density at radius 3 is 1.96 bits per heavy atom. The van der Waals surface area contributed by atoms with Crippen molar-refractivity contribution in [3.8, 4) is 23.0 Å². The highest BCUT2D eigenvalue weighted by molar-refractivity contribution is 5.51. The largest absolute Gasteiger partial charge is 0.459 e. The van der Waals surface area contributed by atoms with E-state index in [0.717, 1.165) is 5.56 Å². The monoisotopic (exact) mass is 356 g/mol. The number of para-hydroxylation sites is 1. The third-order valence-electron chi connectivity index (χ3n) is 4.38. The van der Waals surface area contributed by atoms with Crippen LogP contribution in [0.3, 0.4) is 0 Å². The average molecular weight is 356 g/mol. The van der Waals surface area contributed by atoms with Gasteiger partial charge in [-0.25, -0.2) is 4.79 Å². The summed E-state index contributed by atoms with van der Waals surface area (Å²) >= 11 is 0. The molecule has 0 saturated heterocycles. The molecular formula is C23H18NO3+. The third-order valence-corrected chi connectivity index (χ3v) is 4.38. The molecule has 0 fully saturated rings. The molecule has 0 saturated carbocycles. The molecule has 27 heavy (non-hydrogen) atoms. The van der Waals surface area contributed by atoms with Gasteiger partial charge < -0.3 is 9.52 Å². The van der Waals surface area contributed by atoms with Crippen LogP contribution in [0.25, 0.3) is 17.1 Å². The molecule has 4 rings (SSSR count). The van der Waals surface area contributed by atoms with E-state index in [1.54, 1.807) is 4.57 Å². The summed E-state index contributed by atoms with van der Waals surface area (Å²) < 4.78 is 7.26. The number of hydrogen-bond donors (Lipinski definition) is 1. The van der Waals surface area contributed by atoms with Gasteiger partial charge in [0.15, 0.2) is 5.56 Å². The standard InChI is InChI=1S/C23H17NO3/c25-21-20(16-17-10-4-1-5-11-17)23(26)27-22(18-12-6-2-7-13-18)24(21)19-14-8-3-9-15-19/h1-15H,16H2/p+1. The highest BCUT2D eigenvalue weighted by Crippen LogP contribution is 2.22. The van der Waals surface area contributed by atoms with Gasteiger partial charge in [-0.15, -0.1) is 0 Å². The predicted octanol–water partition coefficient (Wildman–Crippen LogP) is 3.88. The fourth-order valence-electron chi connectivity index (χ4n) is 3.05. The zero-order valence-corrected chi connectivity index (χ0v) is 14.6. The second kappa shape index (κ2) is 7.30. The van der Waals surface area contributed by atoms with E-state index in [1.807, 2.05) is 91.0 Å².